The van der Waals surface area contributed by atoms with Crippen LogP contribution in [0.5, 0.6) is 0 Å². The van der Waals surface area contributed by atoms with Crippen molar-refractivity contribution in [3.8, 4) is 0 Å². The fraction of sp³-hybridized carbons (Fsp3) is 0.721. The third-order valence-electron chi connectivity index (χ3n) is 8.39. The Balaban J connectivity index is 4.24. The maximum Gasteiger partial charge on any atom is 0.472 e. The number of hydrogen-bond donors (Lipinski definition) is 2. The van der Waals surface area contributed by atoms with Crippen molar-refractivity contribution in [2.24, 2.45) is 5.73 Å². The van der Waals surface area contributed by atoms with E-state index >= 15 is 0 Å². The van der Waals surface area contributed by atoms with E-state index in [0.29, 0.717) is 12.8 Å². The summed E-state index contributed by atoms with van der Waals surface area (Å²) >= 11 is 0. The normalized spacial score (nSPS) is 14.0. The van der Waals surface area contributed by atoms with Gasteiger partial charge in [0.1, 0.15) is 6.61 Å². The van der Waals surface area contributed by atoms with Crippen molar-refractivity contribution in [1.82, 2.24) is 0 Å². The summed E-state index contributed by atoms with van der Waals surface area (Å²) in [4.78, 5) is 34.8. The summed E-state index contributed by atoms with van der Waals surface area (Å²) in [5, 5.41) is 0. The molecule has 0 radical (unpaired) electrons. The van der Waals surface area contributed by atoms with E-state index in [-0.39, 0.29) is 32.6 Å². The largest absolute Gasteiger partial charge is 0.472 e. The highest BCUT2D eigenvalue weighted by molar-refractivity contribution is 7.47. The number of allylic oxidation sites excluding steroid dienone is 10. The summed E-state index contributed by atoms with van der Waals surface area (Å²) in [5.41, 5.74) is 5.34. The van der Waals surface area contributed by atoms with Gasteiger partial charge in [0.2, 0.25) is 0 Å². The van der Waals surface area contributed by atoms with Crippen LogP contribution >= 0.6 is 7.82 Å². The highest BCUT2D eigenvalue weighted by atomic mass is 31.2. The van der Waals surface area contributed by atoms with Crippen molar-refractivity contribution in [1.29, 1.82) is 0 Å². The molecule has 0 amide bonds. The van der Waals surface area contributed by atoms with Crippen molar-refractivity contribution in [3.05, 3.63) is 60.8 Å². The number of unbranched alkanes of at least 4 members (excludes halogenated alkanes) is 15. The number of rotatable bonds is 38. The molecule has 0 aromatic rings. The zero-order valence-corrected chi connectivity index (χ0v) is 34.4. The number of nitrogens with two attached hydrogens (primary N) is 1. The molecule has 0 spiro atoms. The van der Waals surface area contributed by atoms with Gasteiger partial charge in [0.05, 0.1) is 13.2 Å². The van der Waals surface area contributed by atoms with Gasteiger partial charge in [0, 0.05) is 19.4 Å². The zero-order chi connectivity index (χ0) is 38.9. The highest BCUT2D eigenvalue weighted by Crippen LogP contribution is 2.43. The molecule has 306 valence electrons. The van der Waals surface area contributed by atoms with Gasteiger partial charge in [0.25, 0.3) is 0 Å². The van der Waals surface area contributed by atoms with E-state index in [4.69, 9.17) is 24.3 Å². The molecule has 0 bridgehead atoms. The number of carbonyl (C=O) groups excluding carboxylic acids is 2. The van der Waals surface area contributed by atoms with Crippen LogP contribution in [0, 0.1) is 0 Å². The van der Waals surface area contributed by atoms with Crippen LogP contribution in [0.25, 0.3) is 0 Å². The molecule has 0 aromatic heterocycles. The van der Waals surface area contributed by atoms with Gasteiger partial charge in [-0.3, -0.25) is 18.6 Å². The number of phosphoric ester groups is 1. The lowest BCUT2D eigenvalue weighted by molar-refractivity contribution is -0.161. The standard InChI is InChI=1S/C43H76NO8P/c1-3-5-7-9-11-13-15-17-19-20-22-23-25-27-29-31-33-35-42(45)49-39-41(40-51-53(47,48)50-38-37-44)52-43(46)36-34-32-30-28-26-24-21-18-16-14-12-10-8-6-4-2/h5,7,11,13-14,16-17,19,22-23,41H,3-4,6,8-10,12,15,18,20-21,24-40,44H2,1-2H3,(H,47,48)/b7-5-,13-11-,16-14-,19-17-,23-22-/t41-/m1/s1. The van der Waals surface area contributed by atoms with Gasteiger partial charge in [-0.25, -0.2) is 4.57 Å². The SMILES string of the molecule is CC/C=C\C/C=C\C/C=C\C/C=C\CCCCCCC(=O)OC[C@H](COP(=O)(O)OCCN)OC(=O)CCCCCCCCC/C=C\CCCCCC. The number of ether oxygens (including phenoxy) is 2. The Morgan fingerprint density at radius 1 is 0.585 bits per heavy atom. The van der Waals surface area contributed by atoms with Crippen LogP contribution in [0.4, 0.5) is 0 Å². The number of esters is 2. The Hall–Kier alpha value is -2.29. The van der Waals surface area contributed by atoms with E-state index in [1.807, 2.05) is 0 Å². The van der Waals surface area contributed by atoms with Crippen LogP contribution in [0.3, 0.4) is 0 Å². The summed E-state index contributed by atoms with van der Waals surface area (Å²) < 4.78 is 32.7. The first-order valence-electron chi connectivity index (χ1n) is 20.8. The molecule has 0 aromatic carbocycles. The van der Waals surface area contributed by atoms with Crippen molar-refractivity contribution in [3.63, 3.8) is 0 Å². The quantitative estimate of drug-likeness (QED) is 0.0272. The Bertz CT molecular complexity index is 1050. The average Bonchev–Trinajstić information content (AvgIpc) is 3.14. The second kappa shape index (κ2) is 39.4. The van der Waals surface area contributed by atoms with Gasteiger partial charge >= 0.3 is 19.8 Å². The third kappa shape index (κ3) is 39.2. The third-order valence-corrected chi connectivity index (χ3v) is 9.37. The maximum atomic E-state index is 12.6. The number of carbonyl (C=O) groups is 2. The lowest BCUT2D eigenvalue weighted by Crippen LogP contribution is -2.29. The molecule has 0 aliphatic rings. The summed E-state index contributed by atoms with van der Waals surface area (Å²) in [6.07, 6.45) is 45.3. The van der Waals surface area contributed by atoms with Crippen LogP contribution in [-0.2, 0) is 32.7 Å². The molecule has 9 nitrogen and oxygen atoms in total. The second-order valence-electron chi connectivity index (χ2n) is 13.5. The Kier molecular flexibility index (Phi) is 37.7. The molecule has 0 aliphatic heterocycles. The van der Waals surface area contributed by atoms with Crippen LogP contribution < -0.4 is 5.73 Å². The number of phosphoric acid groups is 1. The van der Waals surface area contributed by atoms with Crippen molar-refractivity contribution in [2.45, 2.75) is 174 Å². The van der Waals surface area contributed by atoms with Crippen LogP contribution in [0.1, 0.15) is 168 Å². The predicted octanol–water partition coefficient (Wildman–Crippen LogP) is 11.7. The topological polar surface area (TPSA) is 134 Å². The first kappa shape index (κ1) is 50.7. The average molecular weight is 766 g/mol. The Morgan fingerprint density at radius 3 is 1.57 bits per heavy atom. The molecule has 3 N–H and O–H groups in total. The first-order chi connectivity index (χ1) is 25.8. The lowest BCUT2D eigenvalue weighted by Gasteiger charge is -2.19. The summed E-state index contributed by atoms with van der Waals surface area (Å²) in [6.45, 7) is 3.56. The van der Waals surface area contributed by atoms with Gasteiger partial charge in [-0.1, -0.05) is 139 Å². The Labute approximate surface area is 323 Å². The first-order valence-corrected chi connectivity index (χ1v) is 22.3. The summed E-state index contributed by atoms with van der Waals surface area (Å²) in [5.74, 6) is -0.866. The van der Waals surface area contributed by atoms with Crippen LogP contribution in [0.2, 0.25) is 0 Å². The minimum atomic E-state index is -4.38. The predicted molar refractivity (Wildman–Crippen MR) is 219 cm³/mol. The minimum Gasteiger partial charge on any atom is -0.462 e. The molecule has 1 unspecified atom stereocenters. The fourth-order valence-electron chi connectivity index (χ4n) is 5.32. The molecular weight excluding hydrogens is 689 g/mol. The summed E-state index contributed by atoms with van der Waals surface area (Å²) in [7, 11) is -4.38. The molecular formula is C43H76NO8P. The van der Waals surface area contributed by atoms with Gasteiger partial charge in [-0.15, -0.1) is 0 Å². The molecule has 0 fully saturated rings. The smallest absolute Gasteiger partial charge is 0.462 e. The second-order valence-corrected chi connectivity index (χ2v) is 14.9. The van der Waals surface area contributed by atoms with E-state index in [0.717, 1.165) is 77.0 Å². The van der Waals surface area contributed by atoms with Gasteiger partial charge < -0.3 is 20.1 Å². The van der Waals surface area contributed by atoms with Crippen LogP contribution in [-0.4, -0.2) is 49.3 Å². The monoisotopic (exact) mass is 766 g/mol. The van der Waals surface area contributed by atoms with Crippen LogP contribution in [0.15, 0.2) is 60.8 Å². The van der Waals surface area contributed by atoms with E-state index in [2.05, 4.69) is 74.6 Å². The minimum absolute atomic E-state index is 0.0466. The highest BCUT2D eigenvalue weighted by Gasteiger charge is 2.25. The van der Waals surface area contributed by atoms with E-state index in [9.17, 15) is 19.0 Å². The fourth-order valence-corrected chi connectivity index (χ4v) is 6.09. The molecule has 0 saturated heterocycles. The molecule has 53 heavy (non-hydrogen) atoms. The number of hydrogen-bond acceptors (Lipinski definition) is 8. The van der Waals surface area contributed by atoms with Gasteiger partial charge in [0.15, 0.2) is 6.10 Å². The van der Waals surface area contributed by atoms with E-state index in [1.165, 1.54) is 51.4 Å². The molecule has 2 atom stereocenters. The lowest BCUT2D eigenvalue weighted by atomic mass is 10.1. The van der Waals surface area contributed by atoms with E-state index < -0.39 is 32.5 Å². The molecule has 0 rings (SSSR count). The maximum absolute atomic E-state index is 12.6. The van der Waals surface area contributed by atoms with Crippen molar-refractivity contribution in [2.75, 3.05) is 26.4 Å². The molecule has 0 saturated carbocycles. The molecule has 0 aliphatic carbocycles. The van der Waals surface area contributed by atoms with Crippen molar-refractivity contribution >= 4 is 19.8 Å². The van der Waals surface area contributed by atoms with Gasteiger partial charge in [-0.2, -0.15) is 0 Å². The molecule has 10 heteroatoms. The molecule has 0 heterocycles. The zero-order valence-electron chi connectivity index (χ0n) is 33.5. The Morgan fingerprint density at radius 2 is 1.04 bits per heavy atom. The summed E-state index contributed by atoms with van der Waals surface area (Å²) in [6, 6.07) is 0. The van der Waals surface area contributed by atoms with Gasteiger partial charge in [-0.05, 0) is 77.0 Å². The van der Waals surface area contributed by atoms with E-state index in [1.54, 1.807) is 0 Å². The van der Waals surface area contributed by atoms with Crippen molar-refractivity contribution < 1.29 is 37.6 Å².